The first-order valence-corrected chi connectivity index (χ1v) is 9.92. The summed E-state index contributed by atoms with van der Waals surface area (Å²) in [6, 6.07) is 8.47. The van der Waals surface area contributed by atoms with Gasteiger partial charge in [-0.25, -0.2) is 0 Å². The molecule has 3 fully saturated rings. The van der Waals surface area contributed by atoms with Gasteiger partial charge in [-0.1, -0.05) is 24.6 Å². The van der Waals surface area contributed by atoms with Crippen molar-refractivity contribution >= 4 is 5.91 Å². The Labute approximate surface area is 150 Å². The Morgan fingerprint density at radius 1 is 1.24 bits per heavy atom. The number of hydrogen-bond acceptors (Lipinski definition) is 3. The highest BCUT2D eigenvalue weighted by Crippen LogP contribution is 2.55. The van der Waals surface area contributed by atoms with E-state index in [2.05, 4.69) is 22.3 Å². The third kappa shape index (κ3) is 3.55. The molecule has 1 aromatic rings. The maximum absolute atomic E-state index is 12.7. The van der Waals surface area contributed by atoms with Gasteiger partial charge in [0.2, 0.25) is 5.91 Å². The lowest BCUT2D eigenvalue weighted by molar-refractivity contribution is -0.125. The highest BCUT2D eigenvalue weighted by atomic mass is 16.5. The van der Waals surface area contributed by atoms with Crippen LogP contribution < -0.4 is 10.1 Å². The largest absolute Gasteiger partial charge is 0.496 e. The lowest BCUT2D eigenvalue weighted by Gasteiger charge is -2.35. The first-order chi connectivity index (χ1) is 12.3. The topological polar surface area (TPSA) is 41.6 Å². The summed E-state index contributed by atoms with van der Waals surface area (Å²) >= 11 is 0. The third-order valence-electron chi connectivity index (χ3n) is 6.48. The average molecular weight is 342 g/mol. The van der Waals surface area contributed by atoms with Crippen molar-refractivity contribution in [2.45, 2.75) is 44.6 Å². The van der Waals surface area contributed by atoms with Gasteiger partial charge < -0.3 is 10.1 Å². The van der Waals surface area contributed by atoms with E-state index < -0.39 is 0 Å². The van der Waals surface area contributed by atoms with E-state index in [-0.39, 0.29) is 17.9 Å². The molecule has 25 heavy (non-hydrogen) atoms. The van der Waals surface area contributed by atoms with Gasteiger partial charge in [0, 0.05) is 18.0 Å². The maximum Gasteiger partial charge on any atom is 0.223 e. The summed E-state index contributed by atoms with van der Waals surface area (Å²) in [5.41, 5.74) is 1.20. The van der Waals surface area contributed by atoms with Gasteiger partial charge in [-0.3, -0.25) is 9.69 Å². The second-order valence-electron chi connectivity index (χ2n) is 7.94. The number of nitrogens with zero attached hydrogens (tertiary/aromatic N) is 1. The molecule has 1 amide bonds. The quantitative estimate of drug-likeness (QED) is 0.862. The Hall–Kier alpha value is -1.55. The fourth-order valence-electron chi connectivity index (χ4n) is 4.96. The van der Waals surface area contributed by atoms with Crippen molar-refractivity contribution in [1.82, 2.24) is 10.2 Å². The molecule has 1 aromatic carbocycles. The second-order valence-corrected chi connectivity index (χ2v) is 7.94. The lowest BCUT2D eigenvalue weighted by Crippen LogP contribution is -2.42. The Balaban J connectivity index is 1.47. The minimum Gasteiger partial charge on any atom is -0.496 e. The number of ether oxygens (including phenoxy) is 1. The number of benzene rings is 1. The minimum absolute atomic E-state index is 0.205. The molecule has 0 bridgehead atoms. The lowest BCUT2D eigenvalue weighted by atomic mass is 9.99. The number of rotatable bonds is 6. The smallest absolute Gasteiger partial charge is 0.223 e. The van der Waals surface area contributed by atoms with Crippen molar-refractivity contribution in [1.29, 1.82) is 0 Å². The van der Waals surface area contributed by atoms with Gasteiger partial charge in [-0.2, -0.15) is 0 Å². The van der Waals surface area contributed by atoms with Crippen LogP contribution in [-0.2, 0) is 4.79 Å². The first-order valence-electron chi connectivity index (χ1n) is 9.92. The van der Waals surface area contributed by atoms with Crippen molar-refractivity contribution in [2.75, 3.05) is 26.7 Å². The van der Waals surface area contributed by atoms with Crippen LogP contribution in [0.4, 0.5) is 0 Å². The van der Waals surface area contributed by atoms with Crippen molar-refractivity contribution in [3.8, 4) is 5.75 Å². The predicted octanol–water partition coefficient (Wildman–Crippen LogP) is 3.38. The maximum atomic E-state index is 12.7. The van der Waals surface area contributed by atoms with Crippen LogP contribution in [0.5, 0.6) is 5.75 Å². The number of para-hydroxylation sites is 1. The van der Waals surface area contributed by atoms with Gasteiger partial charge in [0.05, 0.1) is 13.2 Å². The van der Waals surface area contributed by atoms with Crippen LogP contribution in [0.1, 0.15) is 50.1 Å². The zero-order valence-corrected chi connectivity index (χ0v) is 15.2. The highest BCUT2D eigenvalue weighted by molar-refractivity contribution is 5.80. The summed E-state index contributed by atoms with van der Waals surface area (Å²) < 4.78 is 5.61. The number of piperidine rings is 1. The van der Waals surface area contributed by atoms with E-state index in [1.165, 1.54) is 37.7 Å². The van der Waals surface area contributed by atoms with Gasteiger partial charge in [-0.15, -0.1) is 0 Å². The molecule has 4 heteroatoms. The van der Waals surface area contributed by atoms with E-state index >= 15 is 0 Å². The van der Waals surface area contributed by atoms with E-state index in [1.807, 2.05) is 12.1 Å². The number of nitrogens with one attached hydrogen (secondary N) is 1. The number of amides is 1. The average Bonchev–Trinajstić information content (AvgIpc) is 3.32. The Morgan fingerprint density at radius 2 is 2.04 bits per heavy atom. The van der Waals surface area contributed by atoms with Gasteiger partial charge in [-0.05, 0) is 63.1 Å². The number of carbonyl (C=O) groups is 1. The monoisotopic (exact) mass is 342 g/mol. The van der Waals surface area contributed by atoms with Gasteiger partial charge >= 0.3 is 0 Å². The molecule has 0 spiro atoms. The zero-order valence-electron chi connectivity index (χ0n) is 15.2. The molecule has 4 rings (SSSR count). The van der Waals surface area contributed by atoms with E-state index in [9.17, 15) is 4.79 Å². The van der Waals surface area contributed by atoms with Crippen LogP contribution in [0.2, 0.25) is 0 Å². The molecule has 1 unspecified atom stereocenters. The number of carbonyl (C=O) groups excluding carboxylic acids is 1. The summed E-state index contributed by atoms with van der Waals surface area (Å²) in [5.74, 6) is 3.00. The molecular formula is C21H30N2O2. The molecular weight excluding hydrogens is 312 g/mol. The summed E-state index contributed by atoms with van der Waals surface area (Å²) in [7, 11) is 1.73. The van der Waals surface area contributed by atoms with Crippen molar-refractivity contribution in [2.24, 2.45) is 17.8 Å². The summed E-state index contributed by atoms with van der Waals surface area (Å²) in [4.78, 5) is 15.2. The molecule has 1 saturated heterocycles. The normalized spacial score (nSPS) is 29.7. The predicted molar refractivity (Wildman–Crippen MR) is 98.5 cm³/mol. The number of methoxy groups -OCH3 is 1. The van der Waals surface area contributed by atoms with Crippen molar-refractivity contribution in [3.63, 3.8) is 0 Å². The minimum atomic E-state index is 0.205. The highest BCUT2D eigenvalue weighted by Gasteiger charge is 2.50. The zero-order chi connectivity index (χ0) is 17.2. The SMILES string of the molecule is COc1ccccc1C(CNC(=O)[C@@H]1CC[C@@H]2C[C@@H]21)N1CCCCC1. The Bertz CT molecular complexity index is 612. The van der Waals surface area contributed by atoms with Crippen LogP contribution in [0, 0.1) is 17.8 Å². The fourth-order valence-corrected chi connectivity index (χ4v) is 4.96. The summed E-state index contributed by atoms with van der Waals surface area (Å²) in [6.07, 6.45) is 7.42. The Morgan fingerprint density at radius 3 is 2.72 bits per heavy atom. The number of likely N-dealkylation sites (tertiary alicyclic amines) is 1. The standard InChI is InChI=1S/C21H30N2O2/c1-25-20-8-4-3-7-17(20)19(23-11-5-2-6-12-23)14-22-21(24)16-10-9-15-13-18(15)16/h3-4,7-8,15-16,18-19H,2,5-6,9-14H2,1H3,(H,22,24)/t15-,16-,18+,19?/m1/s1. The van der Waals surface area contributed by atoms with E-state index in [4.69, 9.17) is 4.74 Å². The van der Waals surface area contributed by atoms with E-state index in [0.717, 1.165) is 31.2 Å². The molecule has 0 radical (unpaired) electrons. The van der Waals surface area contributed by atoms with Crippen LogP contribution in [0.15, 0.2) is 24.3 Å². The summed E-state index contributed by atoms with van der Waals surface area (Å²) in [6.45, 7) is 2.90. The van der Waals surface area contributed by atoms with Gasteiger partial charge in [0.15, 0.2) is 0 Å². The van der Waals surface area contributed by atoms with Crippen LogP contribution in [0.25, 0.3) is 0 Å². The molecule has 2 saturated carbocycles. The molecule has 2 aliphatic carbocycles. The fraction of sp³-hybridized carbons (Fsp3) is 0.667. The third-order valence-corrected chi connectivity index (χ3v) is 6.48. The number of fused-ring (bicyclic) bond motifs is 1. The second kappa shape index (κ2) is 7.36. The number of hydrogen-bond donors (Lipinski definition) is 1. The molecule has 0 aromatic heterocycles. The van der Waals surface area contributed by atoms with Crippen LogP contribution in [-0.4, -0.2) is 37.6 Å². The Kier molecular flexibility index (Phi) is 4.98. The van der Waals surface area contributed by atoms with Crippen LogP contribution in [0.3, 0.4) is 0 Å². The van der Waals surface area contributed by atoms with E-state index in [0.29, 0.717) is 12.5 Å². The molecule has 136 valence electrons. The van der Waals surface area contributed by atoms with Gasteiger partial charge in [0.25, 0.3) is 0 Å². The summed E-state index contributed by atoms with van der Waals surface area (Å²) in [5, 5.41) is 3.29. The molecule has 3 aliphatic rings. The van der Waals surface area contributed by atoms with Gasteiger partial charge in [0.1, 0.15) is 5.75 Å². The van der Waals surface area contributed by atoms with Crippen LogP contribution >= 0.6 is 0 Å². The molecule has 1 N–H and O–H groups in total. The molecule has 4 nitrogen and oxygen atoms in total. The van der Waals surface area contributed by atoms with E-state index in [1.54, 1.807) is 7.11 Å². The van der Waals surface area contributed by atoms with Crippen molar-refractivity contribution < 1.29 is 9.53 Å². The molecule has 1 heterocycles. The molecule has 4 atom stereocenters. The first kappa shape index (κ1) is 16.9. The molecule has 1 aliphatic heterocycles. The van der Waals surface area contributed by atoms with Crippen molar-refractivity contribution in [3.05, 3.63) is 29.8 Å².